The predicted molar refractivity (Wildman–Crippen MR) is 48.3 cm³/mol. The summed E-state index contributed by atoms with van der Waals surface area (Å²) < 4.78 is 0. The fraction of sp³-hybridized carbons (Fsp3) is 0.778. The summed E-state index contributed by atoms with van der Waals surface area (Å²) in [4.78, 5) is 2.10. The molecule has 0 aromatic carbocycles. The van der Waals surface area contributed by atoms with Crippen LogP contribution >= 0.6 is 0 Å². The first kappa shape index (κ1) is 10.5. The van der Waals surface area contributed by atoms with E-state index in [0.29, 0.717) is 5.92 Å². The van der Waals surface area contributed by atoms with E-state index in [1.807, 2.05) is 7.05 Å². The molecule has 0 aliphatic carbocycles. The summed E-state index contributed by atoms with van der Waals surface area (Å²) in [6, 6.07) is 0. The van der Waals surface area contributed by atoms with Crippen molar-refractivity contribution in [2.75, 3.05) is 20.2 Å². The van der Waals surface area contributed by atoms with E-state index in [2.05, 4.69) is 25.3 Å². The highest BCUT2D eigenvalue weighted by molar-refractivity contribution is 4.95. The standard InChI is InChI=1S/C9H19NO/c1-8(2)9(3)10(4)6-5-7-11/h8,11H,3,5-7H2,1-2,4H3. The molecule has 66 valence electrons. The molecule has 11 heavy (non-hydrogen) atoms. The molecule has 0 radical (unpaired) electrons. The Morgan fingerprint density at radius 1 is 1.55 bits per heavy atom. The number of nitrogens with zero attached hydrogens (tertiary/aromatic N) is 1. The van der Waals surface area contributed by atoms with Gasteiger partial charge in [0.2, 0.25) is 0 Å². The maximum atomic E-state index is 8.58. The van der Waals surface area contributed by atoms with E-state index in [1.165, 1.54) is 0 Å². The van der Waals surface area contributed by atoms with Gasteiger partial charge in [-0.2, -0.15) is 0 Å². The lowest BCUT2D eigenvalue weighted by atomic mass is 10.1. The first-order valence-electron chi connectivity index (χ1n) is 4.10. The lowest BCUT2D eigenvalue weighted by molar-refractivity contribution is 0.259. The van der Waals surface area contributed by atoms with Crippen molar-refractivity contribution in [3.05, 3.63) is 12.3 Å². The summed E-state index contributed by atoms with van der Waals surface area (Å²) >= 11 is 0. The molecule has 0 rings (SSSR count). The Morgan fingerprint density at radius 3 is 2.45 bits per heavy atom. The molecule has 0 saturated carbocycles. The van der Waals surface area contributed by atoms with E-state index in [0.717, 1.165) is 18.7 Å². The molecule has 0 bridgehead atoms. The van der Waals surface area contributed by atoms with Crippen molar-refractivity contribution in [1.82, 2.24) is 4.90 Å². The number of aliphatic hydroxyl groups excluding tert-OH is 1. The van der Waals surface area contributed by atoms with Gasteiger partial charge in [0.1, 0.15) is 0 Å². The molecule has 0 heterocycles. The number of hydrogen-bond donors (Lipinski definition) is 1. The third-order valence-electron chi connectivity index (χ3n) is 1.81. The average molecular weight is 157 g/mol. The summed E-state index contributed by atoms with van der Waals surface area (Å²) in [5, 5.41) is 8.58. The molecular weight excluding hydrogens is 138 g/mol. The van der Waals surface area contributed by atoms with Crippen LogP contribution in [0, 0.1) is 5.92 Å². The van der Waals surface area contributed by atoms with Crippen LogP contribution in [0.4, 0.5) is 0 Å². The Labute approximate surface area is 69.5 Å². The average Bonchev–Trinajstić information content (AvgIpc) is 1.98. The second-order valence-corrected chi connectivity index (χ2v) is 3.14. The molecule has 0 unspecified atom stereocenters. The third-order valence-corrected chi connectivity index (χ3v) is 1.81. The molecule has 0 aromatic heterocycles. The Kier molecular flexibility index (Phi) is 4.95. The third kappa shape index (κ3) is 4.04. The molecule has 0 saturated heterocycles. The van der Waals surface area contributed by atoms with Crippen LogP contribution in [0.5, 0.6) is 0 Å². The fourth-order valence-electron chi connectivity index (χ4n) is 0.892. The summed E-state index contributed by atoms with van der Waals surface area (Å²) in [6.07, 6.45) is 0.822. The minimum atomic E-state index is 0.260. The molecule has 2 nitrogen and oxygen atoms in total. The van der Waals surface area contributed by atoms with Gasteiger partial charge in [-0.3, -0.25) is 0 Å². The molecule has 0 amide bonds. The second-order valence-electron chi connectivity index (χ2n) is 3.14. The van der Waals surface area contributed by atoms with Gasteiger partial charge in [-0.05, 0) is 12.3 Å². The van der Waals surface area contributed by atoms with Crippen molar-refractivity contribution in [3.63, 3.8) is 0 Å². The van der Waals surface area contributed by atoms with Crippen LogP contribution in [-0.4, -0.2) is 30.2 Å². The quantitative estimate of drug-likeness (QED) is 0.653. The van der Waals surface area contributed by atoms with Gasteiger partial charge in [0.25, 0.3) is 0 Å². The van der Waals surface area contributed by atoms with Gasteiger partial charge in [-0.1, -0.05) is 20.4 Å². The van der Waals surface area contributed by atoms with Crippen LogP contribution < -0.4 is 0 Å². The van der Waals surface area contributed by atoms with Gasteiger partial charge in [-0.25, -0.2) is 0 Å². The maximum Gasteiger partial charge on any atom is 0.0447 e. The van der Waals surface area contributed by atoms with Crippen molar-refractivity contribution in [2.45, 2.75) is 20.3 Å². The molecule has 0 spiro atoms. The molecule has 1 N–H and O–H groups in total. The number of aliphatic hydroxyl groups is 1. The molecule has 0 aliphatic rings. The monoisotopic (exact) mass is 157 g/mol. The Hall–Kier alpha value is -0.500. The molecule has 2 heteroatoms. The second kappa shape index (κ2) is 5.19. The van der Waals surface area contributed by atoms with Crippen LogP contribution in [0.25, 0.3) is 0 Å². The van der Waals surface area contributed by atoms with E-state index in [4.69, 9.17) is 5.11 Å². The van der Waals surface area contributed by atoms with E-state index < -0.39 is 0 Å². The van der Waals surface area contributed by atoms with Crippen molar-refractivity contribution < 1.29 is 5.11 Å². The van der Waals surface area contributed by atoms with Crippen LogP contribution in [0.1, 0.15) is 20.3 Å². The zero-order chi connectivity index (χ0) is 8.85. The van der Waals surface area contributed by atoms with Crippen LogP contribution in [0.3, 0.4) is 0 Å². The minimum Gasteiger partial charge on any atom is -0.396 e. The maximum absolute atomic E-state index is 8.58. The summed E-state index contributed by atoms with van der Waals surface area (Å²) in [6.45, 7) is 9.35. The predicted octanol–water partition coefficient (Wildman–Crippen LogP) is 1.47. The van der Waals surface area contributed by atoms with Crippen molar-refractivity contribution in [2.24, 2.45) is 5.92 Å². The van der Waals surface area contributed by atoms with Gasteiger partial charge in [0.05, 0.1) is 0 Å². The van der Waals surface area contributed by atoms with Crippen molar-refractivity contribution in [3.8, 4) is 0 Å². The van der Waals surface area contributed by atoms with Gasteiger partial charge in [0.15, 0.2) is 0 Å². The summed E-state index contributed by atoms with van der Waals surface area (Å²) in [7, 11) is 2.01. The lowest BCUT2D eigenvalue weighted by Crippen LogP contribution is -2.22. The lowest BCUT2D eigenvalue weighted by Gasteiger charge is -2.23. The Balaban J connectivity index is 3.64. The van der Waals surface area contributed by atoms with Gasteiger partial charge >= 0.3 is 0 Å². The van der Waals surface area contributed by atoms with Gasteiger partial charge < -0.3 is 10.0 Å². The topological polar surface area (TPSA) is 23.5 Å². The van der Waals surface area contributed by atoms with Crippen LogP contribution in [0.2, 0.25) is 0 Å². The Morgan fingerprint density at radius 2 is 2.09 bits per heavy atom. The molecular formula is C9H19NO. The highest BCUT2D eigenvalue weighted by Crippen LogP contribution is 2.10. The molecule has 0 atom stereocenters. The van der Waals surface area contributed by atoms with Crippen molar-refractivity contribution >= 4 is 0 Å². The van der Waals surface area contributed by atoms with Crippen LogP contribution in [-0.2, 0) is 0 Å². The van der Waals surface area contributed by atoms with E-state index in [9.17, 15) is 0 Å². The fourth-order valence-corrected chi connectivity index (χ4v) is 0.892. The highest BCUT2D eigenvalue weighted by atomic mass is 16.3. The largest absolute Gasteiger partial charge is 0.396 e. The SMILES string of the molecule is C=C(C(C)C)N(C)CCCO. The normalized spacial score (nSPS) is 10.3. The zero-order valence-corrected chi connectivity index (χ0v) is 7.80. The summed E-state index contributed by atoms with van der Waals surface area (Å²) in [5.41, 5.74) is 1.14. The van der Waals surface area contributed by atoms with E-state index in [1.54, 1.807) is 0 Å². The highest BCUT2D eigenvalue weighted by Gasteiger charge is 2.04. The van der Waals surface area contributed by atoms with Crippen LogP contribution in [0.15, 0.2) is 12.3 Å². The first-order valence-corrected chi connectivity index (χ1v) is 4.10. The zero-order valence-electron chi connectivity index (χ0n) is 7.80. The minimum absolute atomic E-state index is 0.260. The summed E-state index contributed by atoms with van der Waals surface area (Å²) in [5.74, 6) is 0.499. The Bertz CT molecular complexity index is 121. The number of hydrogen-bond acceptors (Lipinski definition) is 2. The number of allylic oxidation sites excluding steroid dienone is 1. The molecule has 0 aromatic rings. The van der Waals surface area contributed by atoms with Gasteiger partial charge in [-0.15, -0.1) is 0 Å². The smallest absolute Gasteiger partial charge is 0.0447 e. The van der Waals surface area contributed by atoms with E-state index >= 15 is 0 Å². The molecule has 0 aliphatic heterocycles. The van der Waals surface area contributed by atoms with Crippen molar-refractivity contribution in [1.29, 1.82) is 0 Å². The first-order chi connectivity index (χ1) is 5.09. The number of rotatable bonds is 5. The van der Waals surface area contributed by atoms with Gasteiger partial charge in [0, 0.05) is 25.9 Å². The van der Waals surface area contributed by atoms with E-state index in [-0.39, 0.29) is 6.61 Å². The molecule has 0 fully saturated rings.